The summed E-state index contributed by atoms with van der Waals surface area (Å²) in [5.74, 6) is 1.52. The zero-order chi connectivity index (χ0) is 33.7. The third-order valence-electron chi connectivity index (χ3n) is 8.76. The Bertz CT molecular complexity index is 1770. The van der Waals surface area contributed by atoms with Crippen LogP contribution in [-0.4, -0.2) is 82.0 Å². The molecule has 2 amide bonds. The van der Waals surface area contributed by atoms with Gasteiger partial charge < -0.3 is 15.2 Å². The maximum Gasteiger partial charge on any atom is 0.327 e. The first kappa shape index (κ1) is 33.5. The number of carbonyl (C=O) groups is 1. The highest BCUT2D eigenvalue weighted by molar-refractivity contribution is 7.89. The van der Waals surface area contributed by atoms with E-state index < -0.39 is 16.1 Å². The molecule has 2 aliphatic rings. The van der Waals surface area contributed by atoms with Crippen molar-refractivity contribution in [3.63, 3.8) is 0 Å². The molecule has 252 valence electrons. The molecule has 48 heavy (non-hydrogen) atoms. The molecule has 1 aromatic carbocycles. The zero-order valence-electron chi connectivity index (χ0n) is 27.2. The van der Waals surface area contributed by atoms with E-state index >= 15 is 0 Å². The molecule has 0 radical (unpaired) electrons. The van der Waals surface area contributed by atoms with Crippen molar-refractivity contribution < 1.29 is 23.1 Å². The van der Waals surface area contributed by atoms with E-state index in [0.29, 0.717) is 55.6 Å². The molecule has 0 spiro atoms. The number of aryl methyl sites for hydroxylation is 2. The summed E-state index contributed by atoms with van der Waals surface area (Å²) in [7, 11) is -3.62. The van der Waals surface area contributed by atoms with Crippen LogP contribution in [0.25, 0.3) is 0 Å². The minimum Gasteiger partial charge on any atom is -0.439 e. The highest BCUT2D eigenvalue weighted by Crippen LogP contribution is 2.27. The van der Waals surface area contributed by atoms with E-state index in [1.54, 1.807) is 41.7 Å². The molecule has 0 aliphatic carbocycles. The number of benzene rings is 1. The lowest BCUT2D eigenvalue weighted by molar-refractivity contribution is 0.113. The Hall–Kier alpha value is -4.43. The average Bonchev–Trinajstić information content (AvgIpc) is 3.09. The number of nitrogens with zero attached hydrogens (tertiary/aromatic N) is 6. The Morgan fingerprint density at radius 3 is 2.25 bits per heavy atom. The summed E-state index contributed by atoms with van der Waals surface area (Å²) in [5.41, 5.74) is 3.59. The molecule has 0 atom stereocenters. The second-order valence-corrected chi connectivity index (χ2v) is 14.3. The molecule has 2 saturated heterocycles. The van der Waals surface area contributed by atoms with Gasteiger partial charge in [-0.1, -0.05) is 12.1 Å². The van der Waals surface area contributed by atoms with Gasteiger partial charge in [0.1, 0.15) is 11.6 Å². The number of nitrogens with one attached hydrogen (secondary N) is 1. The fourth-order valence-electron chi connectivity index (χ4n) is 5.98. The van der Waals surface area contributed by atoms with Crippen LogP contribution in [0.2, 0.25) is 0 Å². The van der Waals surface area contributed by atoms with Crippen molar-refractivity contribution in [3.8, 4) is 11.6 Å². The molecule has 0 bridgehead atoms. The Kier molecular flexibility index (Phi) is 10.3. The number of carbonyl (C=O) groups excluding carboxylic acids is 1. The minimum absolute atomic E-state index is 0.0158. The predicted molar refractivity (Wildman–Crippen MR) is 182 cm³/mol. The van der Waals surface area contributed by atoms with Gasteiger partial charge in [0.15, 0.2) is 0 Å². The van der Waals surface area contributed by atoms with E-state index in [9.17, 15) is 18.3 Å². The maximum atomic E-state index is 13.5. The van der Waals surface area contributed by atoms with Crippen LogP contribution >= 0.6 is 0 Å². The molecule has 0 saturated carbocycles. The van der Waals surface area contributed by atoms with Gasteiger partial charge in [0.25, 0.3) is 0 Å². The second kappa shape index (κ2) is 14.8. The number of urea groups is 1. The largest absolute Gasteiger partial charge is 0.439 e. The van der Waals surface area contributed by atoms with Gasteiger partial charge in [-0.15, -0.1) is 0 Å². The van der Waals surface area contributed by atoms with Crippen LogP contribution in [0, 0.1) is 13.8 Å². The van der Waals surface area contributed by atoms with Crippen molar-refractivity contribution in [2.45, 2.75) is 63.1 Å². The van der Waals surface area contributed by atoms with Gasteiger partial charge in [0.2, 0.25) is 15.9 Å². The maximum absolute atomic E-state index is 13.5. The van der Waals surface area contributed by atoms with Crippen molar-refractivity contribution >= 4 is 27.6 Å². The molecule has 0 unspecified atom stereocenters. The van der Waals surface area contributed by atoms with E-state index in [1.165, 1.54) is 16.4 Å². The fourth-order valence-corrected chi connectivity index (χ4v) is 7.45. The van der Waals surface area contributed by atoms with Gasteiger partial charge in [-0.3, -0.25) is 14.8 Å². The van der Waals surface area contributed by atoms with Gasteiger partial charge in [-0.05, 0) is 93.1 Å². The first-order valence-electron chi connectivity index (χ1n) is 16.2. The summed E-state index contributed by atoms with van der Waals surface area (Å²) < 4.78 is 33.2. The highest BCUT2D eigenvalue weighted by Gasteiger charge is 2.31. The molecule has 4 aromatic rings. The summed E-state index contributed by atoms with van der Waals surface area (Å²) in [6, 6.07) is 17.4. The molecule has 3 aromatic heterocycles. The number of amides is 2. The Balaban J connectivity index is 1.03. The number of piperidine rings is 2. The van der Waals surface area contributed by atoms with Gasteiger partial charge in [-0.2, -0.15) is 4.31 Å². The number of rotatable bonds is 9. The molecule has 12 nitrogen and oxygen atoms in total. The van der Waals surface area contributed by atoms with Crippen molar-refractivity contribution in [1.82, 2.24) is 24.2 Å². The lowest BCUT2D eigenvalue weighted by Gasteiger charge is -2.38. The van der Waals surface area contributed by atoms with E-state index in [-0.39, 0.29) is 17.0 Å². The Morgan fingerprint density at radius 2 is 1.62 bits per heavy atom. The summed E-state index contributed by atoms with van der Waals surface area (Å²) in [5, 5.41) is 12.7. The van der Waals surface area contributed by atoms with Crippen molar-refractivity contribution in [1.29, 1.82) is 0 Å². The van der Waals surface area contributed by atoms with Gasteiger partial charge in [-0.25, -0.2) is 23.2 Å². The Labute approximate surface area is 281 Å². The number of aliphatic hydroxyl groups excluding tert-OH is 1. The van der Waals surface area contributed by atoms with Gasteiger partial charge >= 0.3 is 6.03 Å². The summed E-state index contributed by atoms with van der Waals surface area (Å²) in [6.45, 7) is 6.82. The Morgan fingerprint density at radius 1 is 0.875 bits per heavy atom. The topological polar surface area (TPSA) is 141 Å². The van der Waals surface area contributed by atoms with Gasteiger partial charge in [0, 0.05) is 62.9 Å². The summed E-state index contributed by atoms with van der Waals surface area (Å²) in [6.07, 6.45) is 7.24. The molecule has 6 rings (SSSR count). The standard InChI is InChI=1S/C35H41N7O5S/c1-25-3-11-33(37-21-25)42(35(44)39-28-6-4-26(2)36-23-28)29-13-17-40(18-14-29)24-27-5-12-34(38-22-27)47-31-7-9-32(10-8-31)48(45,46)41-19-15-30(43)16-20-41/h3-12,21-23,29-30,43H,13-20,24H2,1-2H3,(H,39,44). The van der Waals surface area contributed by atoms with E-state index in [1.807, 2.05) is 44.2 Å². The number of sulfonamides is 1. The normalized spacial score (nSPS) is 16.8. The molecular weight excluding hydrogens is 630 g/mol. The molecular formula is C35H41N7O5S. The number of hydrogen-bond donors (Lipinski definition) is 2. The lowest BCUT2D eigenvalue weighted by Crippen LogP contribution is -2.49. The van der Waals surface area contributed by atoms with Crippen LogP contribution < -0.4 is 15.0 Å². The molecule has 2 N–H and O–H groups in total. The highest BCUT2D eigenvalue weighted by atomic mass is 32.2. The minimum atomic E-state index is -3.62. The second-order valence-electron chi connectivity index (χ2n) is 12.4. The number of pyridine rings is 3. The van der Waals surface area contributed by atoms with E-state index in [4.69, 9.17) is 4.74 Å². The zero-order valence-corrected chi connectivity index (χ0v) is 28.0. The van der Waals surface area contributed by atoms with Crippen molar-refractivity contribution in [2.75, 3.05) is 36.4 Å². The molecule has 5 heterocycles. The van der Waals surface area contributed by atoms with Crippen LogP contribution in [0.3, 0.4) is 0 Å². The SMILES string of the molecule is Cc1ccc(N(C(=O)Nc2ccc(C)nc2)C2CCN(Cc3ccc(Oc4ccc(S(=O)(=O)N5CCC(O)CC5)cc4)nc3)CC2)nc1. The van der Waals surface area contributed by atoms with Crippen molar-refractivity contribution in [3.05, 3.63) is 96.1 Å². The first-order valence-corrected chi connectivity index (χ1v) is 17.7. The summed E-state index contributed by atoms with van der Waals surface area (Å²) >= 11 is 0. The predicted octanol–water partition coefficient (Wildman–Crippen LogP) is 5.13. The van der Waals surface area contributed by atoms with Crippen LogP contribution in [0.15, 0.2) is 84.1 Å². The molecule has 2 aliphatic heterocycles. The van der Waals surface area contributed by atoms with Gasteiger partial charge in [0.05, 0.1) is 22.9 Å². The third kappa shape index (κ3) is 8.16. The smallest absolute Gasteiger partial charge is 0.327 e. The average molecular weight is 672 g/mol. The molecule has 13 heteroatoms. The van der Waals surface area contributed by atoms with Crippen molar-refractivity contribution in [2.24, 2.45) is 0 Å². The lowest BCUT2D eigenvalue weighted by atomic mass is 10.0. The fraction of sp³-hybridized carbons (Fsp3) is 0.371. The number of ether oxygens (including phenoxy) is 1. The number of likely N-dealkylation sites (tertiary alicyclic amines) is 1. The summed E-state index contributed by atoms with van der Waals surface area (Å²) in [4.78, 5) is 31.2. The molecule has 2 fully saturated rings. The third-order valence-corrected chi connectivity index (χ3v) is 10.7. The number of aromatic nitrogens is 3. The number of anilines is 2. The number of aliphatic hydroxyl groups is 1. The first-order chi connectivity index (χ1) is 23.1. The van der Waals surface area contributed by atoms with Crippen LogP contribution in [-0.2, 0) is 16.6 Å². The van der Waals surface area contributed by atoms with Crippen LogP contribution in [0.4, 0.5) is 16.3 Å². The van der Waals surface area contributed by atoms with E-state index in [2.05, 4.69) is 25.2 Å². The van der Waals surface area contributed by atoms with Crippen LogP contribution in [0.1, 0.15) is 42.5 Å². The monoisotopic (exact) mass is 671 g/mol. The number of hydrogen-bond acceptors (Lipinski definition) is 9. The quantitative estimate of drug-likeness (QED) is 0.248. The van der Waals surface area contributed by atoms with Crippen LogP contribution in [0.5, 0.6) is 11.6 Å². The van der Waals surface area contributed by atoms with E-state index in [0.717, 1.165) is 42.8 Å².